The zero-order valence-corrected chi connectivity index (χ0v) is 30.7. The predicted octanol–water partition coefficient (Wildman–Crippen LogP) is 5.46. The summed E-state index contributed by atoms with van der Waals surface area (Å²) in [5.41, 5.74) is 5.91. The minimum Gasteiger partial charge on any atom is -0.508 e. The summed E-state index contributed by atoms with van der Waals surface area (Å²) in [4.78, 5) is 31.9. The van der Waals surface area contributed by atoms with Crippen LogP contribution in [0.15, 0.2) is 34.3 Å². The van der Waals surface area contributed by atoms with Crippen LogP contribution in [0.25, 0.3) is 0 Å². The Morgan fingerprint density at radius 3 is 1.96 bits per heavy atom. The molecule has 2 aliphatic heterocycles. The Labute approximate surface area is 302 Å². The Morgan fingerprint density at radius 1 is 0.816 bits per heavy atom. The number of aryl methyl sites for hydroxylation is 2. The van der Waals surface area contributed by atoms with E-state index in [4.69, 9.17) is 29.8 Å². The number of benzene rings is 2. The standard InChI is InChI=1S/C34H47N4O2.2C2H4O2.Co/c1-25-17-27(33(39)29(19-25)23-37-13-7-3-8-14-37)21-35-31-11-5-6-12-32(31)36-22-28-18-26(2)20-30(34(28)40)24-38-15-9-4-10-16-38;2*1-2(3)4;/h17-22,31,39-40H,3-16,23-24H2,1-2H3;2*1H3,(H,3,4);/q-1;;;/p+1/t31-;;;/m1.../s1. The number of carbonyl (C=O) groups is 2. The van der Waals surface area contributed by atoms with Gasteiger partial charge in [-0.2, -0.15) is 0 Å². The summed E-state index contributed by atoms with van der Waals surface area (Å²) < 4.78 is 0. The number of carboxylic acids is 2. The van der Waals surface area contributed by atoms with Crippen LogP contribution in [0.2, 0.25) is 0 Å². The molecule has 273 valence electrons. The number of aliphatic carboxylic acids is 2. The summed E-state index contributed by atoms with van der Waals surface area (Å²) in [7, 11) is 0. The second-order valence-corrected chi connectivity index (χ2v) is 13.4. The van der Waals surface area contributed by atoms with Crippen molar-refractivity contribution in [3.8, 4) is 11.5 Å². The van der Waals surface area contributed by atoms with Gasteiger partial charge in [-0.1, -0.05) is 43.4 Å². The SMILES string of the molecule is CC(=O)O.CC(=O)O.Cc1cc(C=N[C@@H]2CCCC[C-]2N=Cc2cc(C)cc(C[NH+]3CCCCC3)c2O)c(O)c(CN2CCCCC2)c1.[Co]. The minimum absolute atomic E-state index is 0. The number of nitrogens with zero attached hydrogens (tertiary/aromatic N) is 3. The predicted molar refractivity (Wildman–Crippen MR) is 190 cm³/mol. The normalized spacial score (nSPS) is 18.6. The van der Waals surface area contributed by atoms with Crippen LogP contribution in [-0.4, -0.2) is 81.9 Å². The number of aromatic hydroxyl groups is 2. The quantitative estimate of drug-likeness (QED) is 0.180. The van der Waals surface area contributed by atoms with E-state index in [-0.39, 0.29) is 22.8 Å². The van der Waals surface area contributed by atoms with E-state index >= 15 is 0 Å². The summed E-state index contributed by atoms with van der Waals surface area (Å²) in [5, 5.41) is 37.1. The Bertz CT molecular complexity index is 1290. The van der Waals surface area contributed by atoms with Crippen molar-refractivity contribution < 1.29 is 51.7 Å². The zero-order valence-electron chi connectivity index (χ0n) is 29.6. The molecule has 3 fully saturated rings. The number of quaternary nitrogens is 1. The minimum atomic E-state index is -0.833. The Kier molecular flexibility index (Phi) is 18.5. The fourth-order valence-electron chi connectivity index (χ4n) is 6.69. The molecule has 0 spiro atoms. The van der Waals surface area contributed by atoms with Crippen LogP contribution >= 0.6 is 0 Å². The van der Waals surface area contributed by atoms with Crippen LogP contribution in [0, 0.1) is 19.9 Å². The molecule has 2 aromatic carbocycles. The topological polar surface area (TPSA) is 147 Å². The van der Waals surface area contributed by atoms with Crippen LogP contribution < -0.4 is 4.90 Å². The van der Waals surface area contributed by atoms with Gasteiger partial charge in [0, 0.05) is 66.1 Å². The second-order valence-electron chi connectivity index (χ2n) is 13.4. The van der Waals surface area contributed by atoms with Crippen LogP contribution in [0.5, 0.6) is 11.5 Å². The fourth-order valence-corrected chi connectivity index (χ4v) is 6.69. The Hall–Kier alpha value is -3.38. The van der Waals surface area contributed by atoms with Gasteiger partial charge in [0.05, 0.1) is 13.1 Å². The molecule has 0 amide bonds. The van der Waals surface area contributed by atoms with Crippen LogP contribution in [0.3, 0.4) is 0 Å². The first-order valence-electron chi connectivity index (χ1n) is 17.5. The molecule has 2 saturated heterocycles. The van der Waals surface area contributed by atoms with Crippen molar-refractivity contribution in [3.05, 3.63) is 63.7 Å². The Balaban J connectivity index is 0.000000837. The van der Waals surface area contributed by atoms with Gasteiger partial charge in [0.15, 0.2) is 0 Å². The number of phenols is 2. The van der Waals surface area contributed by atoms with E-state index in [1.54, 1.807) is 4.90 Å². The molecule has 10 nitrogen and oxygen atoms in total. The number of rotatable bonds is 8. The van der Waals surface area contributed by atoms with Crippen molar-refractivity contribution in [1.29, 1.82) is 0 Å². The molecular formula is C38H56CoN4O6. The van der Waals surface area contributed by atoms with Gasteiger partial charge < -0.3 is 35.3 Å². The number of hydrogen-bond donors (Lipinski definition) is 5. The van der Waals surface area contributed by atoms with E-state index in [0.29, 0.717) is 11.5 Å². The monoisotopic (exact) mass is 723 g/mol. The van der Waals surface area contributed by atoms with E-state index in [1.165, 1.54) is 51.6 Å². The molecule has 2 heterocycles. The molecule has 1 atom stereocenters. The molecule has 5 rings (SSSR count). The molecule has 0 bridgehead atoms. The third kappa shape index (κ3) is 15.0. The summed E-state index contributed by atoms with van der Waals surface area (Å²) in [6.45, 7) is 12.6. The molecular weight excluding hydrogens is 667 g/mol. The molecule has 1 aliphatic carbocycles. The molecule has 49 heavy (non-hydrogen) atoms. The number of likely N-dealkylation sites (tertiary alicyclic amines) is 2. The van der Waals surface area contributed by atoms with Crippen molar-refractivity contribution in [2.24, 2.45) is 9.98 Å². The summed E-state index contributed by atoms with van der Waals surface area (Å²) in [6.07, 6.45) is 15.5. The maximum Gasteiger partial charge on any atom is 0.300 e. The first kappa shape index (κ1) is 41.8. The third-order valence-electron chi connectivity index (χ3n) is 8.88. The number of phenolic OH excluding ortho intramolecular Hbond substituents is 2. The van der Waals surface area contributed by atoms with Gasteiger partial charge >= 0.3 is 0 Å². The first-order valence-corrected chi connectivity index (χ1v) is 17.5. The van der Waals surface area contributed by atoms with E-state index in [9.17, 15) is 10.2 Å². The molecule has 11 heteroatoms. The van der Waals surface area contributed by atoms with Crippen LogP contribution in [0.1, 0.15) is 111 Å². The molecule has 1 radical (unpaired) electrons. The van der Waals surface area contributed by atoms with Gasteiger partial charge in [-0.15, -0.1) is 12.3 Å². The van der Waals surface area contributed by atoms with E-state index in [2.05, 4.69) is 30.9 Å². The maximum atomic E-state index is 11.1. The van der Waals surface area contributed by atoms with Gasteiger partial charge in [0.1, 0.15) is 18.0 Å². The van der Waals surface area contributed by atoms with Crippen molar-refractivity contribution in [1.82, 2.24) is 4.90 Å². The van der Waals surface area contributed by atoms with Gasteiger partial charge in [-0.05, 0) is 88.7 Å². The van der Waals surface area contributed by atoms with Crippen molar-refractivity contribution in [2.45, 2.75) is 111 Å². The number of carboxylic acid groups (broad SMARTS) is 2. The average Bonchev–Trinajstić information content (AvgIpc) is 3.03. The number of hydrogen-bond acceptors (Lipinski definition) is 7. The van der Waals surface area contributed by atoms with Gasteiger partial charge in [0.2, 0.25) is 0 Å². The van der Waals surface area contributed by atoms with Crippen molar-refractivity contribution in [2.75, 3.05) is 26.2 Å². The number of piperidine rings is 2. The van der Waals surface area contributed by atoms with E-state index in [0.717, 1.165) is 105 Å². The second kappa shape index (κ2) is 21.6. The molecule has 0 aromatic heterocycles. The summed E-state index contributed by atoms with van der Waals surface area (Å²) in [6, 6.07) is 9.36. The van der Waals surface area contributed by atoms with Crippen LogP contribution in [-0.2, 0) is 39.5 Å². The number of nitrogens with one attached hydrogen (secondary N) is 1. The molecule has 2 aromatic rings. The van der Waals surface area contributed by atoms with Crippen LogP contribution in [0.4, 0.5) is 0 Å². The van der Waals surface area contributed by atoms with E-state index < -0.39 is 11.9 Å². The van der Waals surface area contributed by atoms with Gasteiger partial charge in [-0.3, -0.25) is 14.5 Å². The van der Waals surface area contributed by atoms with Gasteiger partial charge in [-0.25, -0.2) is 0 Å². The molecule has 0 unspecified atom stereocenters. The average molecular weight is 724 g/mol. The maximum absolute atomic E-state index is 11.1. The molecule has 5 N–H and O–H groups in total. The largest absolute Gasteiger partial charge is 0.508 e. The van der Waals surface area contributed by atoms with Crippen molar-refractivity contribution in [3.63, 3.8) is 0 Å². The smallest absolute Gasteiger partial charge is 0.300 e. The zero-order chi connectivity index (χ0) is 35.1. The van der Waals surface area contributed by atoms with Gasteiger partial charge in [0.25, 0.3) is 11.9 Å². The Morgan fingerprint density at radius 2 is 1.35 bits per heavy atom. The number of aliphatic imine (C=N–C) groups is 2. The summed E-state index contributed by atoms with van der Waals surface area (Å²) >= 11 is 0. The molecule has 3 aliphatic rings. The first-order chi connectivity index (χ1) is 22.9. The summed E-state index contributed by atoms with van der Waals surface area (Å²) in [5.74, 6) is -0.941. The molecule has 1 saturated carbocycles. The fraction of sp³-hybridized carbons (Fsp3) is 0.553. The third-order valence-corrected chi connectivity index (χ3v) is 8.88. The van der Waals surface area contributed by atoms with E-state index in [1.807, 2.05) is 24.6 Å². The van der Waals surface area contributed by atoms with Crippen molar-refractivity contribution >= 4 is 24.4 Å².